The van der Waals surface area contributed by atoms with Crippen LogP contribution in [0.5, 0.6) is 0 Å². The summed E-state index contributed by atoms with van der Waals surface area (Å²) in [6.07, 6.45) is 0. The van der Waals surface area contributed by atoms with Gasteiger partial charge in [-0.25, -0.2) is 0 Å². The Morgan fingerprint density at radius 3 is 2.64 bits per heavy atom. The van der Waals surface area contributed by atoms with Crippen molar-refractivity contribution in [3.8, 4) is 0 Å². The van der Waals surface area contributed by atoms with Crippen LogP contribution in [0.25, 0.3) is 0 Å². The van der Waals surface area contributed by atoms with Gasteiger partial charge in [-0.3, -0.25) is 4.79 Å². The van der Waals surface area contributed by atoms with Gasteiger partial charge in [0.25, 0.3) is 0 Å². The third-order valence-electron chi connectivity index (χ3n) is 1.91. The average Bonchev–Trinajstić information content (AvgIpc) is 2.08. The number of carbonyl (C=O) groups is 1. The Kier molecular flexibility index (Phi) is 5.12. The monoisotopic (exact) mass is 279 g/mol. The van der Waals surface area contributed by atoms with Crippen LogP contribution in [0.1, 0.15) is 17.2 Å². The van der Waals surface area contributed by atoms with Crippen molar-refractivity contribution in [3.05, 3.63) is 33.8 Å². The van der Waals surface area contributed by atoms with Gasteiger partial charge in [0.05, 0.1) is 0 Å². The van der Waals surface area contributed by atoms with Gasteiger partial charge in [0.15, 0.2) is 0 Å². The van der Waals surface area contributed by atoms with E-state index in [0.717, 1.165) is 10.0 Å². The molecule has 0 spiro atoms. The Labute approximate surface area is 96.8 Å². The molecule has 0 saturated heterocycles. The van der Waals surface area contributed by atoms with E-state index in [1.807, 2.05) is 13.0 Å². The maximum absolute atomic E-state index is 10.6. The summed E-state index contributed by atoms with van der Waals surface area (Å²) in [5, 5.41) is 8.71. The molecule has 3 nitrogen and oxygen atoms in total. The van der Waals surface area contributed by atoms with Crippen LogP contribution in [0, 0.1) is 6.92 Å². The molecule has 0 saturated carbocycles. The molecule has 78 valence electrons. The molecule has 1 unspecified atom stereocenters. The summed E-state index contributed by atoms with van der Waals surface area (Å²) in [6, 6.07) is 4.40. The molecule has 0 aliphatic rings. The van der Waals surface area contributed by atoms with E-state index in [1.54, 1.807) is 12.1 Å². The van der Waals surface area contributed by atoms with Gasteiger partial charge in [0.2, 0.25) is 0 Å². The van der Waals surface area contributed by atoms with Gasteiger partial charge < -0.3 is 10.8 Å². The first kappa shape index (κ1) is 13.4. The molecular weight excluding hydrogens is 269 g/mol. The highest BCUT2D eigenvalue weighted by Crippen LogP contribution is 2.23. The summed E-state index contributed by atoms with van der Waals surface area (Å²) < 4.78 is 0.877. The van der Waals surface area contributed by atoms with Crippen LogP contribution in [0.3, 0.4) is 0 Å². The van der Waals surface area contributed by atoms with E-state index in [4.69, 9.17) is 10.8 Å². The highest BCUT2D eigenvalue weighted by Gasteiger charge is 2.16. The lowest BCUT2D eigenvalue weighted by Gasteiger charge is -2.10. The van der Waals surface area contributed by atoms with E-state index in [1.165, 1.54) is 0 Å². The third kappa shape index (κ3) is 2.70. The van der Waals surface area contributed by atoms with Gasteiger partial charge in [0, 0.05) is 4.47 Å². The fourth-order valence-corrected chi connectivity index (χ4v) is 1.48. The molecule has 0 radical (unpaired) electrons. The Balaban J connectivity index is 0.00000169. The van der Waals surface area contributed by atoms with Crippen molar-refractivity contribution >= 4 is 34.3 Å². The van der Waals surface area contributed by atoms with Crippen molar-refractivity contribution in [1.29, 1.82) is 0 Å². The zero-order chi connectivity index (χ0) is 10.0. The summed E-state index contributed by atoms with van der Waals surface area (Å²) >= 11 is 3.31. The normalized spacial score (nSPS) is 11.6. The fourth-order valence-electron chi connectivity index (χ4n) is 1.09. The first-order valence-corrected chi connectivity index (χ1v) is 4.56. The van der Waals surface area contributed by atoms with E-state index in [9.17, 15) is 4.79 Å². The molecule has 0 aromatic heterocycles. The third-order valence-corrected chi connectivity index (χ3v) is 2.77. The van der Waals surface area contributed by atoms with E-state index in [0.29, 0.717) is 5.56 Å². The van der Waals surface area contributed by atoms with Crippen LogP contribution >= 0.6 is 28.3 Å². The molecule has 0 aliphatic carbocycles. The van der Waals surface area contributed by atoms with Gasteiger partial charge in [-0.2, -0.15) is 0 Å². The summed E-state index contributed by atoms with van der Waals surface area (Å²) in [4.78, 5) is 10.6. The van der Waals surface area contributed by atoms with Crippen molar-refractivity contribution in [2.24, 2.45) is 5.73 Å². The molecule has 0 heterocycles. The number of aliphatic carboxylic acids is 1. The molecule has 1 aromatic rings. The lowest BCUT2D eigenvalue weighted by atomic mass is 10.0. The summed E-state index contributed by atoms with van der Waals surface area (Å²) in [5.41, 5.74) is 7.00. The Morgan fingerprint density at radius 2 is 2.14 bits per heavy atom. The molecule has 1 rings (SSSR count). The zero-order valence-corrected chi connectivity index (χ0v) is 9.93. The molecule has 0 aliphatic heterocycles. The summed E-state index contributed by atoms with van der Waals surface area (Å²) in [5.74, 6) is -1.01. The molecule has 0 amide bonds. The molecule has 14 heavy (non-hydrogen) atoms. The van der Waals surface area contributed by atoms with Crippen molar-refractivity contribution in [3.63, 3.8) is 0 Å². The number of benzene rings is 1. The number of nitrogens with two attached hydrogens (primary N) is 1. The van der Waals surface area contributed by atoms with Crippen molar-refractivity contribution in [1.82, 2.24) is 0 Å². The number of halogens is 2. The maximum atomic E-state index is 10.6. The Bertz CT molecular complexity index is 344. The maximum Gasteiger partial charge on any atom is 0.325 e. The van der Waals surface area contributed by atoms with Crippen molar-refractivity contribution in [2.75, 3.05) is 0 Å². The number of hydrogen-bond donors (Lipinski definition) is 2. The highest BCUT2D eigenvalue weighted by molar-refractivity contribution is 9.10. The molecule has 1 atom stereocenters. The highest BCUT2D eigenvalue weighted by atomic mass is 79.9. The molecule has 1 aromatic carbocycles. The summed E-state index contributed by atoms with van der Waals surface area (Å²) in [7, 11) is 0. The smallest absolute Gasteiger partial charge is 0.325 e. The van der Waals surface area contributed by atoms with Crippen molar-refractivity contribution in [2.45, 2.75) is 13.0 Å². The second kappa shape index (κ2) is 5.34. The van der Waals surface area contributed by atoms with Gasteiger partial charge in [-0.15, -0.1) is 12.4 Å². The Hall–Kier alpha value is -0.580. The van der Waals surface area contributed by atoms with Crippen LogP contribution in [0.15, 0.2) is 22.7 Å². The predicted molar refractivity (Wildman–Crippen MR) is 60.7 cm³/mol. The SMILES string of the molecule is Cc1c(Br)cccc1C(N)C(=O)O.Cl. The van der Waals surface area contributed by atoms with Gasteiger partial charge in [0.1, 0.15) is 6.04 Å². The molecule has 5 heteroatoms. The van der Waals surface area contributed by atoms with E-state index in [2.05, 4.69) is 15.9 Å². The number of carboxylic acid groups (broad SMARTS) is 1. The molecule has 0 fully saturated rings. The summed E-state index contributed by atoms with van der Waals surface area (Å²) in [6.45, 7) is 1.84. The number of rotatable bonds is 2. The molecule has 3 N–H and O–H groups in total. The molecular formula is C9H11BrClNO2. The fraction of sp³-hybridized carbons (Fsp3) is 0.222. The number of carboxylic acids is 1. The first-order valence-electron chi connectivity index (χ1n) is 3.77. The molecule has 0 bridgehead atoms. The second-order valence-electron chi connectivity index (χ2n) is 2.77. The largest absolute Gasteiger partial charge is 0.480 e. The lowest BCUT2D eigenvalue weighted by Crippen LogP contribution is -2.21. The minimum atomic E-state index is -1.01. The van der Waals surface area contributed by atoms with Crippen LogP contribution in [0.2, 0.25) is 0 Å². The lowest BCUT2D eigenvalue weighted by molar-refractivity contribution is -0.138. The Morgan fingerprint density at radius 1 is 1.57 bits per heavy atom. The minimum Gasteiger partial charge on any atom is -0.480 e. The van der Waals surface area contributed by atoms with E-state index < -0.39 is 12.0 Å². The van der Waals surface area contributed by atoms with E-state index >= 15 is 0 Å². The van der Waals surface area contributed by atoms with Crippen molar-refractivity contribution < 1.29 is 9.90 Å². The zero-order valence-electron chi connectivity index (χ0n) is 7.53. The quantitative estimate of drug-likeness (QED) is 0.873. The second-order valence-corrected chi connectivity index (χ2v) is 3.62. The predicted octanol–water partition coefficient (Wildman–Crippen LogP) is 2.26. The van der Waals surface area contributed by atoms with Crippen LogP contribution in [0.4, 0.5) is 0 Å². The standard InChI is InChI=1S/C9H10BrNO2.ClH/c1-5-6(8(11)9(12)13)3-2-4-7(5)10;/h2-4,8H,11H2,1H3,(H,12,13);1H. The van der Waals surface area contributed by atoms with Gasteiger partial charge in [-0.1, -0.05) is 28.1 Å². The topological polar surface area (TPSA) is 63.3 Å². The van der Waals surface area contributed by atoms with Gasteiger partial charge >= 0.3 is 5.97 Å². The average molecular weight is 281 g/mol. The van der Waals surface area contributed by atoms with Crippen LogP contribution in [-0.4, -0.2) is 11.1 Å². The van der Waals surface area contributed by atoms with Gasteiger partial charge in [-0.05, 0) is 24.1 Å². The minimum absolute atomic E-state index is 0. The first-order chi connectivity index (χ1) is 6.04. The van der Waals surface area contributed by atoms with Crippen LogP contribution in [-0.2, 0) is 4.79 Å². The van der Waals surface area contributed by atoms with Crippen LogP contribution < -0.4 is 5.73 Å². The van der Waals surface area contributed by atoms with E-state index in [-0.39, 0.29) is 12.4 Å². The number of hydrogen-bond acceptors (Lipinski definition) is 2.